The van der Waals surface area contributed by atoms with Crippen molar-refractivity contribution in [3.8, 4) is 11.3 Å². The van der Waals surface area contributed by atoms with Gasteiger partial charge in [0, 0.05) is 24.9 Å². The SMILES string of the molecule is Cc1cc(NC(=O)Cn2ccc(-c3ccc(F)c(F)c3)n2)n(C)n1. The molecule has 0 aliphatic rings. The summed E-state index contributed by atoms with van der Waals surface area (Å²) in [5, 5.41) is 11.1. The highest BCUT2D eigenvalue weighted by Crippen LogP contribution is 2.19. The molecule has 0 radical (unpaired) electrons. The number of amides is 1. The van der Waals surface area contributed by atoms with Crippen LogP contribution >= 0.6 is 0 Å². The second kappa shape index (κ2) is 6.23. The number of nitrogens with zero attached hydrogens (tertiary/aromatic N) is 4. The van der Waals surface area contributed by atoms with Gasteiger partial charge in [0.2, 0.25) is 5.91 Å². The van der Waals surface area contributed by atoms with Crippen molar-refractivity contribution in [3.05, 3.63) is 53.9 Å². The average Bonchev–Trinajstić information content (AvgIpc) is 3.09. The topological polar surface area (TPSA) is 64.7 Å². The lowest BCUT2D eigenvalue weighted by Crippen LogP contribution is -2.20. The highest BCUT2D eigenvalue weighted by Gasteiger charge is 2.11. The molecule has 124 valence electrons. The van der Waals surface area contributed by atoms with Gasteiger partial charge >= 0.3 is 0 Å². The van der Waals surface area contributed by atoms with E-state index in [0.717, 1.165) is 17.8 Å². The van der Waals surface area contributed by atoms with Gasteiger partial charge in [-0.25, -0.2) is 8.78 Å². The van der Waals surface area contributed by atoms with Crippen LogP contribution < -0.4 is 5.32 Å². The van der Waals surface area contributed by atoms with Crippen molar-refractivity contribution in [2.24, 2.45) is 7.05 Å². The molecule has 6 nitrogen and oxygen atoms in total. The van der Waals surface area contributed by atoms with Gasteiger partial charge in [-0.3, -0.25) is 14.2 Å². The Morgan fingerprint density at radius 1 is 1.17 bits per heavy atom. The molecule has 1 aromatic carbocycles. The number of aryl methyl sites for hydroxylation is 2. The number of hydrogen-bond acceptors (Lipinski definition) is 3. The Hall–Kier alpha value is -3.03. The summed E-state index contributed by atoms with van der Waals surface area (Å²) < 4.78 is 29.3. The number of carbonyl (C=O) groups excluding carboxylic acids is 1. The normalized spacial score (nSPS) is 10.8. The summed E-state index contributed by atoms with van der Waals surface area (Å²) in [5.74, 6) is -1.53. The fraction of sp³-hybridized carbons (Fsp3) is 0.188. The highest BCUT2D eigenvalue weighted by molar-refractivity contribution is 5.89. The Balaban J connectivity index is 1.70. The van der Waals surface area contributed by atoms with Crippen LogP contribution in [0, 0.1) is 18.6 Å². The van der Waals surface area contributed by atoms with Gasteiger partial charge in [0.05, 0.1) is 11.4 Å². The standard InChI is InChI=1S/C16H15F2N5O/c1-10-7-15(22(2)20-10)19-16(24)9-23-6-5-14(21-23)11-3-4-12(17)13(18)8-11/h3-8H,9H2,1-2H3,(H,19,24). The number of carbonyl (C=O) groups is 1. The smallest absolute Gasteiger partial charge is 0.247 e. The van der Waals surface area contributed by atoms with Gasteiger partial charge in [-0.1, -0.05) is 0 Å². The second-order valence-electron chi connectivity index (χ2n) is 5.37. The molecule has 0 aliphatic carbocycles. The van der Waals surface area contributed by atoms with E-state index in [4.69, 9.17) is 0 Å². The summed E-state index contributed by atoms with van der Waals surface area (Å²) in [6.45, 7) is 1.82. The van der Waals surface area contributed by atoms with E-state index in [9.17, 15) is 13.6 Å². The van der Waals surface area contributed by atoms with Gasteiger partial charge < -0.3 is 5.32 Å². The van der Waals surface area contributed by atoms with Gasteiger partial charge in [-0.05, 0) is 31.2 Å². The van der Waals surface area contributed by atoms with Crippen molar-refractivity contribution in [1.82, 2.24) is 19.6 Å². The molecule has 2 heterocycles. The first-order valence-electron chi connectivity index (χ1n) is 7.22. The molecule has 8 heteroatoms. The summed E-state index contributed by atoms with van der Waals surface area (Å²) in [4.78, 5) is 12.1. The Morgan fingerprint density at radius 3 is 2.62 bits per heavy atom. The molecule has 24 heavy (non-hydrogen) atoms. The molecule has 0 fully saturated rings. The third-order valence-electron chi connectivity index (χ3n) is 3.43. The molecule has 0 bridgehead atoms. The van der Waals surface area contributed by atoms with E-state index in [1.807, 2.05) is 6.92 Å². The maximum atomic E-state index is 13.3. The molecular formula is C16H15F2N5O. The first-order chi connectivity index (χ1) is 11.4. The third-order valence-corrected chi connectivity index (χ3v) is 3.43. The summed E-state index contributed by atoms with van der Waals surface area (Å²) in [5.41, 5.74) is 1.70. The Kier molecular flexibility index (Phi) is 4.11. The zero-order valence-corrected chi connectivity index (χ0v) is 13.1. The van der Waals surface area contributed by atoms with Crippen molar-refractivity contribution in [3.63, 3.8) is 0 Å². The Bertz CT molecular complexity index is 900. The van der Waals surface area contributed by atoms with Gasteiger partial charge in [0.25, 0.3) is 0 Å². The molecule has 2 aromatic heterocycles. The lowest BCUT2D eigenvalue weighted by molar-refractivity contribution is -0.116. The molecule has 0 saturated carbocycles. The number of anilines is 1. The van der Waals surface area contributed by atoms with Crippen LogP contribution in [0.4, 0.5) is 14.6 Å². The zero-order valence-electron chi connectivity index (χ0n) is 13.1. The Morgan fingerprint density at radius 2 is 1.96 bits per heavy atom. The van der Waals surface area contributed by atoms with E-state index in [1.165, 1.54) is 10.7 Å². The Labute approximate surface area is 136 Å². The van der Waals surface area contributed by atoms with Crippen LogP contribution in [0.5, 0.6) is 0 Å². The minimum absolute atomic E-state index is 0.00605. The lowest BCUT2D eigenvalue weighted by Gasteiger charge is -2.05. The zero-order chi connectivity index (χ0) is 17.3. The molecule has 0 saturated heterocycles. The first kappa shape index (κ1) is 15.9. The van der Waals surface area contributed by atoms with Gasteiger partial charge in [-0.15, -0.1) is 0 Å². The number of halogens is 2. The number of rotatable bonds is 4. The van der Waals surface area contributed by atoms with Crippen LogP contribution in [-0.2, 0) is 18.4 Å². The number of hydrogen-bond donors (Lipinski definition) is 1. The van der Waals surface area contributed by atoms with Gasteiger partial charge in [0.15, 0.2) is 11.6 Å². The summed E-state index contributed by atoms with van der Waals surface area (Å²) in [6, 6.07) is 6.94. The molecule has 3 aromatic rings. The van der Waals surface area contributed by atoms with Crippen LogP contribution in [0.2, 0.25) is 0 Å². The van der Waals surface area contributed by atoms with Crippen LogP contribution in [0.15, 0.2) is 36.5 Å². The van der Waals surface area contributed by atoms with Gasteiger partial charge in [-0.2, -0.15) is 10.2 Å². The maximum Gasteiger partial charge on any atom is 0.247 e. The lowest BCUT2D eigenvalue weighted by atomic mass is 10.1. The molecule has 0 aliphatic heterocycles. The number of aromatic nitrogens is 4. The molecule has 1 N–H and O–H groups in total. The van der Waals surface area contributed by atoms with Crippen LogP contribution in [-0.4, -0.2) is 25.5 Å². The molecule has 3 rings (SSSR count). The van der Waals surface area contributed by atoms with Crippen LogP contribution in [0.25, 0.3) is 11.3 Å². The van der Waals surface area contributed by atoms with Crippen LogP contribution in [0.3, 0.4) is 0 Å². The van der Waals surface area contributed by atoms with E-state index < -0.39 is 11.6 Å². The van der Waals surface area contributed by atoms with E-state index in [0.29, 0.717) is 17.1 Å². The van der Waals surface area contributed by atoms with E-state index in [2.05, 4.69) is 15.5 Å². The quantitative estimate of drug-likeness (QED) is 0.799. The van der Waals surface area contributed by atoms with E-state index in [1.54, 1.807) is 30.1 Å². The second-order valence-corrected chi connectivity index (χ2v) is 5.37. The van der Waals surface area contributed by atoms with Crippen molar-refractivity contribution < 1.29 is 13.6 Å². The van der Waals surface area contributed by atoms with Crippen molar-refractivity contribution in [1.29, 1.82) is 0 Å². The monoisotopic (exact) mass is 331 g/mol. The average molecular weight is 331 g/mol. The number of benzene rings is 1. The van der Waals surface area contributed by atoms with E-state index in [-0.39, 0.29) is 12.5 Å². The molecular weight excluding hydrogens is 316 g/mol. The summed E-state index contributed by atoms with van der Waals surface area (Å²) in [6.07, 6.45) is 1.60. The fourth-order valence-electron chi connectivity index (χ4n) is 2.32. The van der Waals surface area contributed by atoms with E-state index >= 15 is 0 Å². The fourth-order valence-corrected chi connectivity index (χ4v) is 2.32. The predicted octanol–water partition coefficient (Wildman–Crippen LogP) is 2.51. The van der Waals surface area contributed by atoms with Crippen molar-refractivity contribution in [2.45, 2.75) is 13.5 Å². The van der Waals surface area contributed by atoms with Gasteiger partial charge in [0.1, 0.15) is 12.4 Å². The third kappa shape index (κ3) is 3.32. The largest absolute Gasteiger partial charge is 0.309 e. The predicted molar refractivity (Wildman–Crippen MR) is 84.2 cm³/mol. The minimum Gasteiger partial charge on any atom is -0.309 e. The van der Waals surface area contributed by atoms with Crippen molar-refractivity contribution in [2.75, 3.05) is 5.32 Å². The molecule has 1 amide bonds. The highest BCUT2D eigenvalue weighted by atomic mass is 19.2. The first-order valence-corrected chi connectivity index (χ1v) is 7.22. The minimum atomic E-state index is -0.939. The maximum absolute atomic E-state index is 13.3. The molecule has 0 unspecified atom stereocenters. The summed E-state index contributed by atoms with van der Waals surface area (Å²) in [7, 11) is 1.73. The molecule has 0 atom stereocenters. The molecule has 0 spiro atoms. The van der Waals surface area contributed by atoms with Crippen LogP contribution in [0.1, 0.15) is 5.69 Å². The summed E-state index contributed by atoms with van der Waals surface area (Å²) >= 11 is 0. The van der Waals surface area contributed by atoms with Crippen molar-refractivity contribution >= 4 is 11.7 Å². The number of nitrogens with one attached hydrogen (secondary N) is 1.